The molecule has 0 fully saturated rings. The fourth-order valence-corrected chi connectivity index (χ4v) is 1.46. The summed E-state index contributed by atoms with van der Waals surface area (Å²) in [5.74, 6) is -0.279. The summed E-state index contributed by atoms with van der Waals surface area (Å²) < 4.78 is 16.6. The monoisotopic (exact) mass is 259 g/mol. The smallest absolute Gasteiger partial charge is 0.216 e. The van der Waals surface area contributed by atoms with E-state index in [0.29, 0.717) is 18.7 Å². The van der Waals surface area contributed by atoms with Crippen molar-refractivity contribution in [2.24, 2.45) is 7.05 Å². The summed E-state index contributed by atoms with van der Waals surface area (Å²) in [7, 11) is 1.83. The molecule has 0 atom stereocenters. The molecular weight excluding hydrogens is 245 g/mol. The summed E-state index contributed by atoms with van der Waals surface area (Å²) in [6.07, 6.45) is 5.08. The molecule has 0 saturated heterocycles. The van der Waals surface area contributed by atoms with Gasteiger partial charge in [-0.1, -0.05) is 0 Å². The molecule has 0 saturated carbocycles. The van der Waals surface area contributed by atoms with E-state index in [0.717, 1.165) is 5.69 Å². The Morgan fingerprint density at radius 1 is 1.35 bits per heavy atom. The number of hydrogen-bond donors (Lipinski definition) is 1. The molecule has 2 rings (SSSR count). The van der Waals surface area contributed by atoms with Gasteiger partial charge < -0.3 is 5.32 Å². The van der Waals surface area contributed by atoms with Gasteiger partial charge in [-0.2, -0.15) is 14.6 Å². The van der Waals surface area contributed by atoms with Crippen molar-refractivity contribution in [1.82, 2.24) is 19.6 Å². The second kappa shape index (κ2) is 5.67. The van der Waals surface area contributed by atoms with Crippen LogP contribution < -0.4 is 5.32 Å². The van der Waals surface area contributed by atoms with Crippen molar-refractivity contribution in [2.45, 2.75) is 20.0 Å². The van der Waals surface area contributed by atoms with E-state index >= 15 is 0 Å². The highest BCUT2D eigenvalue weighted by Gasteiger charge is 2.08. The molecule has 0 aromatic carbocycles. The van der Waals surface area contributed by atoms with Gasteiger partial charge in [0.15, 0.2) is 0 Å². The van der Waals surface area contributed by atoms with Gasteiger partial charge in [0.1, 0.15) is 0 Å². The van der Waals surface area contributed by atoms with E-state index in [1.807, 2.05) is 20.2 Å². The lowest BCUT2D eigenvalue weighted by molar-refractivity contribution is 0.465. The first kappa shape index (κ1) is 13.5. The fourth-order valence-electron chi connectivity index (χ4n) is 1.46. The van der Waals surface area contributed by atoms with Crippen LogP contribution in [0.3, 0.4) is 0 Å². The van der Waals surface area contributed by atoms with Crippen molar-refractivity contribution in [3.05, 3.63) is 30.1 Å². The van der Waals surface area contributed by atoms with Gasteiger partial charge in [-0.05, 0) is 6.92 Å². The second-order valence-corrected chi connectivity index (χ2v) is 3.53. The molecule has 0 unspecified atom stereocenters. The van der Waals surface area contributed by atoms with Crippen molar-refractivity contribution < 1.29 is 4.39 Å². The Labute approximate surface area is 105 Å². The zero-order valence-corrected chi connectivity index (χ0v) is 10.5. The maximum atomic E-state index is 13.6. The van der Waals surface area contributed by atoms with Gasteiger partial charge >= 0.3 is 0 Å². The third-order valence-corrected chi connectivity index (χ3v) is 2.33. The quantitative estimate of drug-likeness (QED) is 0.911. The van der Waals surface area contributed by atoms with Crippen molar-refractivity contribution in [1.29, 1.82) is 0 Å². The molecule has 5 nitrogen and oxygen atoms in total. The zero-order valence-electron chi connectivity index (χ0n) is 9.72. The number of hydrogen-bond acceptors (Lipinski definition) is 3. The van der Waals surface area contributed by atoms with Gasteiger partial charge in [0, 0.05) is 31.9 Å². The highest BCUT2D eigenvalue weighted by Crippen LogP contribution is 2.10. The van der Waals surface area contributed by atoms with Crippen LogP contribution in [0.2, 0.25) is 0 Å². The third-order valence-electron chi connectivity index (χ3n) is 2.33. The van der Waals surface area contributed by atoms with Crippen molar-refractivity contribution in [2.75, 3.05) is 5.32 Å². The summed E-state index contributed by atoms with van der Waals surface area (Å²) in [4.78, 5) is 0. The molecule has 0 aliphatic rings. The molecule has 2 heterocycles. The number of anilines is 1. The van der Waals surface area contributed by atoms with E-state index in [1.165, 1.54) is 4.68 Å². The zero-order chi connectivity index (χ0) is 11.5. The topological polar surface area (TPSA) is 47.7 Å². The molecule has 0 spiro atoms. The minimum atomic E-state index is -0.279. The largest absolute Gasteiger partial charge is 0.378 e. The van der Waals surface area contributed by atoms with Crippen LogP contribution in [0, 0.1) is 5.95 Å². The van der Waals surface area contributed by atoms with Crippen LogP contribution in [0.25, 0.3) is 0 Å². The number of nitrogens with one attached hydrogen (secondary N) is 1. The van der Waals surface area contributed by atoms with Crippen LogP contribution in [0.15, 0.2) is 18.6 Å². The van der Waals surface area contributed by atoms with E-state index < -0.39 is 0 Å². The lowest BCUT2D eigenvalue weighted by Crippen LogP contribution is -2.03. The van der Waals surface area contributed by atoms with Crippen LogP contribution in [-0.2, 0) is 20.1 Å². The van der Waals surface area contributed by atoms with E-state index in [1.54, 1.807) is 17.1 Å². The number of aryl methyl sites for hydroxylation is 2. The van der Waals surface area contributed by atoms with Gasteiger partial charge in [0.05, 0.1) is 18.1 Å². The second-order valence-electron chi connectivity index (χ2n) is 3.53. The van der Waals surface area contributed by atoms with Crippen LogP contribution in [0.4, 0.5) is 10.1 Å². The average Bonchev–Trinajstić information content (AvgIpc) is 2.83. The Balaban J connectivity index is 0.00000144. The molecule has 0 amide bonds. The summed E-state index contributed by atoms with van der Waals surface area (Å²) in [6, 6.07) is 0. The Kier molecular flexibility index (Phi) is 4.51. The minimum Gasteiger partial charge on any atom is -0.378 e. The summed E-state index contributed by atoms with van der Waals surface area (Å²) in [5, 5.41) is 11.0. The van der Waals surface area contributed by atoms with E-state index in [-0.39, 0.29) is 18.4 Å². The molecule has 0 radical (unpaired) electrons. The molecule has 2 aromatic heterocycles. The lowest BCUT2D eigenvalue weighted by atomic mass is 10.3. The molecule has 0 bridgehead atoms. The van der Waals surface area contributed by atoms with Crippen LogP contribution >= 0.6 is 12.4 Å². The summed E-state index contributed by atoms with van der Waals surface area (Å²) >= 11 is 0. The van der Waals surface area contributed by atoms with Gasteiger partial charge in [-0.15, -0.1) is 12.4 Å². The van der Waals surface area contributed by atoms with Gasteiger partial charge in [0.25, 0.3) is 0 Å². The predicted molar refractivity (Wildman–Crippen MR) is 65.6 cm³/mol. The molecule has 2 aromatic rings. The molecule has 0 aliphatic carbocycles. The molecule has 0 aliphatic heterocycles. The van der Waals surface area contributed by atoms with Gasteiger partial charge in [-0.3, -0.25) is 4.68 Å². The fraction of sp³-hybridized carbons (Fsp3) is 0.400. The first-order valence-corrected chi connectivity index (χ1v) is 5.13. The predicted octanol–water partition coefficient (Wildman–Crippen LogP) is 1.81. The number of halogens is 2. The number of rotatable bonds is 4. The summed E-state index contributed by atoms with van der Waals surface area (Å²) in [6.45, 7) is 2.81. The van der Waals surface area contributed by atoms with Crippen LogP contribution in [0.1, 0.15) is 12.5 Å². The molecule has 94 valence electrons. The SMILES string of the molecule is CCn1ncc(CNc2cnn(C)c2)c1F.Cl. The number of aromatic nitrogens is 4. The molecule has 1 N–H and O–H groups in total. The maximum absolute atomic E-state index is 13.6. The first-order valence-electron chi connectivity index (χ1n) is 5.13. The Morgan fingerprint density at radius 2 is 2.12 bits per heavy atom. The standard InChI is InChI=1S/C10H14FN5.ClH/c1-3-16-10(11)8(5-14-16)4-12-9-6-13-15(2)7-9;/h5-7,12H,3-4H2,1-2H3;1H. The van der Waals surface area contributed by atoms with E-state index in [9.17, 15) is 4.39 Å². The molecular formula is C10H15ClFN5. The summed E-state index contributed by atoms with van der Waals surface area (Å²) in [5.41, 5.74) is 1.43. The molecule has 7 heteroatoms. The number of nitrogens with zero attached hydrogens (tertiary/aromatic N) is 4. The average molecular weight is 260 g/mol. The highest BCUT2D eigenvalue weighted by molar-refractivity contribution is 5.85. The van der Waals surface area contributed by atoms with Crippen molar-refractivity contribution in [3.8, 4) is 0 Å². The van der Waals surface area contributed by atoms with E-state index in [2.05, 4.69) is 15.5 Å². The van der Waals surface area contributed by atoms with Crippen molar-refractivity contribution in [3.63, 3.8) is 0 Å². The van der Waals surface area contributed by atoms with Gasteiger partial charge in [0.2, 0.25) is 5.95 Å². The lowest BCUT2D eigenvalue weighted by Gasteiger charge is -2.01. The Bertz CT molecular complexity index is 479. The van der Waals surface area contributed by atoms with Gasteiger partial charge in [-0.25, -0.2) is 4.68 Å². The van der Waals surface area contributed by atoms with E-state index in [4.69, 9.17) is 0 Å². The Hall–Kier alpha value is -1.56. The highest BCUT2D eigenvalue weighted by atomic mass is 35.5. The maximum Gasteiger partial charge on any atom is 0.216 e. The van der Waals surface area contributed by atoms with Crippen LogP contribution in [-0.4, -0.2) is 19.6 Å². The third kappa shape index (κ3) is 2.97. The van der Waals surface area contributed by atoms with Crippen molar-refractivity contribution >= 4 is 18.1 Å². The van der Waals surface area contributed by atoms with Crippen LogP contribution in [0.5, 0.6) is 0 Å². The minimum absolute atomic E-state index is 0. The Morgan fingerprint density at radius 3 is 2.65 bits per heavy atom. The molecule has 17 heavy (non-hydrogen) atoms. The first-order chi connectivity index (χ1) is 7.70. The normalized spacial score (nSPS) is 10.1.